The van der Waals surface area contributed by atoms with Crippen LogP contribution in [0.4, 0.5) is 0 Å². The molecule has 82 valence electrons. The third kappa shape index (κ3) is 1.82. The molecular formula is C12H12N2O2. The zero-order valence-electron chi connectivity index (χ0n) is 9.11. The van der Waals surface area contributed by atoms with E-state index in [0.717, 1.165) is 16.7 Å². The minimum absolute atomic E-state index is 0.107. The Labute approximate surface area is 93.0 Å². The summed E-state index contributed by atoms with van der Waals surface area (Å²) in [7, 11) is 0. The number of aromatic amines is 1. The van der Waals surface area contributed by atoms with Gasteiger partial charge in [0.05, 0.1) is 6.20 Å². The normalized spacial score (nSPS) is 10.4. The molecule has 0 spiro atoms. The minimum atomic E-state index is -0.996. The van der Waals surface area contributed by atoms with Crippen LogP contribution in [0.3, 0.4) is 0 Å². The van der Waals surface area contributed by atoms with Crippen LogP contribution in [0.15, 0.2) is 24.4 Å². The number of aromatic nitrogens is 2. The van der Waals surface area contributed by atoms with E-state index in [9.17, 15) is 4.79 Å². The predicted octanol–water partition coefficient (Wildman–Crippen LogP) is 2.39. The molecule has 1 heterocycles. The highest BCUT2D eigenvalue weighted by atomic mass is 16.4. The van der Waals surface area contributed by atoms with Crippen molar-refractivity contribution >= 4 is 5.97 Å². The molecule has 2 rings (SSSR count). The van der Waals surface area contributed by atoms with Crippen LogP contribution in [-0.2, 0) is 0 Å². The largest absolute Gasteiger partial charge is 0.477 e. The second kappa shape index (κ2) is 3.81. The number of aromatic carboxylic acids is 1. The highest BCUT2D eigenvalue weighted by Gasteiger charge is 2.10. The van der Waals surface area contributed by atoms with Crippen molar-refractivity contribution in [2.75, 3.05) is 0 Å². The van der Waals surface area contributed by atoms with Gasteiger partial charge in [-0.05, 0) is 25.5 Å². The van der Waals surface area contributed by atoms with Crippen LogP contribution >= 0.6 is 0 Å². The predicted molar refractivity (Wildman–Crippen MR) is 60.5 cm³/mol. The standard InChI is InChI=1S/C12H12N2O2/c1-7-3-4-8(2)9(5-7)11-13-6-10(14-11)12(15)16/h3-6H,1-2H3,(H,13,14)(H,15,16). The van der Waals surface area contributed by atoms with Gasteiger partial charge in [0.2, 0.25) is 0 Å². The summed E-state index contributed by atoms with van der Waals surface area (Å²) in [6.07, 6.45) is 1.33. The fraction of sp³-hybridized carbons (Fsp3) is 0.167. The van der Waals surface area contributed by atoms with Crippen LogP contribution < -0.4 is 0 Å². The van der Waals surface area contributed by atoms with Crippen molar-refractivity contribution in [1.29, 1.82) is 0 Å². The van der Waals surface area contributed by atoms with E-state index < -0.39 is 5.97 Å². The first-order valence-electron chi connectivity index (χ1n) is 4.94. The van der Waals surface area contributed by atoms with Gasteiger partial charge in [-0.1, -0.05) is 17.7 Å². The zero-order valence-corrected chi connectivity index (χ0v) is 9.11. The Bertz CT molecular complexity index is 544. The number of nitrogens with zero attached hydrogens (tertiary/aromatic N) is 1. The molecule has 0 aliphatic heterocycles. The molecular weight excluding hydrogens is 204 g/mol. The van der Waals surface area contributed by atoms with Gasteiger partial charge < -0.3 is 10.1 Å². The van der Waals surface area contributed by atoms with Gasteiger partial charge in [-0.3, -0.25) is 0 Å². The molecule has 1 aromatic carbocycles. The van der Waals surface area contributed by atoms with Gasteiger partial charge in [0, 0.05) is 5.56 Å². The fourth-order valence-corrected chi connectivity index (χ4v) is 1.56. The molecule has 2 aromatic rings. The van der Waals surface area contributed by atoms with E-state index in [2.05, 4.69) is 9.97 Å². The Morgan fingerprint density at radius 2 is 2.12 bits per heavy atom. The quantitative estimate of drug-likeness (QED) is 0.810. The first-order valence-corrected chi connectivity index (χ1v) is 4.94. The van der Waals surface area contributed by atoms with Crippen LogP contribution in [0.25, 0.3) is 11.4 Å². The number of aryl methyl sites for hydroxylation is 2. The van der Waals surface area contributed by atoms with E-state index in [1.54, 1.807) is 0 Å². The molecule has 4 heteroatoms. The molecule has 0 saturated carbocycles. The van der Waals surface area contributed by atoms with E-state index >= 15 is 0 Å². The molecule has 0 saturated heterocycles. The molecule has 2 N–H and O–H groups in total. The molecule has 1 aromatic heterocycles. The van der Waals surface area contributed by atoms with Crippen molar-refractivity contribution in [1.82, 2.24) is 9.97 Å². The van der Waals surface area contributed by atoms with Gasteiger partial charge >= 0.3 is 5.97 Å². The average Bonchev–Trinajstić information content (AvgIpc) is 2.70. The number of nitrogens with one attached hydrogen (secondary N) is 1. The Morgan fingerprint density at radius 3 is 2.75 bits per heavy atom. The first-order chi connectivity index (χ1) is 7.58. The number of hydrogen-bond donors (Lipinski definition) is 2. The summed E-state index contributed by atoms with van der Waals surface area (Å²) in [4.78, 5) is 17.6. The van der Waals surface area contributed by atoms with Gasteiger partial charge in [-0.2, -0.15) is 0 Å². The van der Waals surface area contributed by atoms with Crippen molar-refractivity contribution in [3.63, 3.8) is 0 Å². The monoisotopic (exact) mass is 216 g/mol. The van der Waals surface area contributed by atoms with Crippen molar-refractivity contribution < 1.29 is 9.90 Å². The molecule has 0 aliphatic carbocycles. The summed E-state index contributed by atoms with van der Waals surface area (Å²) >= 11 is 0. The van der Waals surface area contributed by atoms with E-state index in [1.807, 2.05) is 32.0 Å². The number of H-pyrrole nitrogens is 1. The first kappa shape index (κ1) is 10.4. The Kier molecular flexibility index (Phi) is 2.48. The number of carbonyl (C=O) groups is 1. The van der Waals surface area contributed by atoms with Crippen molar-refractivity contribution in [2.45, 2.75) is 13.8 Å². The average molecular weight is 216 g/mol. The van der Waals surface area contributed by atoms with Crippen molar-refractivity contribution in [3.05, 3.63) is 41.2 Å². The number of benzene rings is 1. The lowest BCUT2D eigenvalue weighted by Crippen LogP contribution is -1.96. The molecule has 0 unspecified atom stereocenters. The van der Waals surface area contributed by atoms with Crippen LogP contribution in [0, 0.1) is 13.8 Å². The summed E-state index contributed by atoms with van der Waals surface area (Å²) < 4.78 is 0. The Morgan fingerprint density at radius 1 is 1.38 bits per heavy atom. The van der Waals surface area contributed by atoms with E-state index in [-0.39, 0.29) is 5.69 Å². The molecule has 0 bridgehead atoms. The number of hydrogen-bond acceptors (Lipinski definition) is 2. The SMILES string of the molecule is Cc1ccc(C)c(-c2ncc(C(=O)O)[nH]2)c1. The summed E-state index contributed by atoms with van der Waals surface area (Å²) in [5.74, 6) is -0.400. The maximum absolute atomic E-state index is 10.7. The number of carboxylic acid groups (broad SMARTS) is 1. The van der Waals surface area contributed by atoms with Gasteiger partial charge in [0.15, 0.2) is 0 Å². The smallest absolute Gasteiger partial charge is 0.353 e. The van der Waals surface area contributed by atoms with Gasteiger partial charge in [0.1, 0.15) is 11.5 Å². The van der Waals surface area contributed by atoms with Crippen LogP contribution in [0.1, 0.15) is 21.6 Å². The maximum atomic E-state index is 10.7. The minimum Gasteiger partial charge on any atom is -0.477 e. The summed E-state index contributed by atoms with van der Waals surface area (Å²) in [5, 5.41) is 8.80. The molecule has 0 radical (unpaired) electrons. The molecule has 0 atom stereocenters. The van der Waals surface area contributed by atoms with E-state index in [4.69, 9.17) is 5.11 Å². The van der Waals surface area contributed by atoms with Gasteiger partial charge in [-0.15, -0.1) is 0 Å². The number of rotatable bonds is 2. The summed E-state index contributed by atoms with van der Waals surface area (Å²) in [6, 6.07) is 5.99. The third-order valence-electron chi connectivity index (χ3n) is 2.45. The molecule has 0 aliphatic rings. The van der Waals surface area contributed by atoms with Crippen LogP contribution in [-0.4, -0.2) is 21.0 Å². The fourth-order valence-electron chi connectivity index (χ4n) is 1.56. The van der Waals surface area contributed by atoms with Crippen LogP contribution in [0.2, 0.25) is 0 Å². The lowest BCUT2D eigenvalue weighted by Gasteiger charge is -2.03. The van der Waals surface area contributed by atoms with Crippen molar-refractivity contribution in [3.8, 4) is 11.4 Å². The molecule has 0 amide bonds. The Balaban J connectivity index is 2.50. The highest BCUT2D eigenvalue weighted by molar-refractivity contribution is 5.86. The van der Waals surface area contributed by atoms with Crippen LogP contribution in [0.5, 0.6) is 0 Å². The molecule has 4 nitrogen and oxygen atoms in total. The van der Waals surface area contributed by atoms with Crippen molar-refractivity contribution in [2.24, 2.45) is 0 Å². The second-order valence-electron chi connectivity index (χ2n) is 3.77. The van der Waals surface area contributed by atoms with Gasteiger partial charge in [0.25, 0.3) is 0 Å². The highest BCUT2D eigenvalue weighted by Crippen LogP contribution is 2.21. The third-order valence-corrected chi connectivity index (χ3v) is 2.45. The topological polar surface area (TPSA) is 66.0 Å². The molecule has 16 heavy (non-hydrogen) atoms. The zero-order chi connectivity index (χ0) is 11.7. The molecule has 0 fully saturated rings. The lowest BCUT2D eigenvalue weighted by molar-refractivity contribution is 0.0691. The lowest BCUT2D eigenvalue weighted by atomic mass is 10.1. The number of imidazole rings is 1. The second-order valence-corrected chi connectivity index (χ2v) is 3.77. The van der Waals surface area contributed by atoms with E-state index in [0.29, 0.717) is 5.82 Å². The summed E-state index contributed by atoms with van der Waals surface area (Å²) in [6.45, 7) is 3.96. The number of carboxylic acids is 1. The summed E-state index contributed by atoms with van der Waals surface area (Å²) in [5.41, 5.74) is 3.23. The van der Waals surface area contributed by atoms with E-state index in [1.165, 1.54) is 6.20 Å². The Hall–Kier alpha value is -2.10. The maximum Gasteiger partial charge on any atom is 0.353 e. The van der Waals surface area contributed by atoms with Gasteiger partial charge in [-0.25, -0.2) is 9.78 Å².